The molecule has 5 atom stereocenters. The molecule has 0 spiro atoms. The number of rotatable bonds is 3. The Morgan fingerprint density at radius 3 is 2.50 bits per heavy atom. The van der Waals surface area contributed by atoms with Gasteiger partial charge in [-0.1, -0.05) is 0 Å². The molecule has 1 fully saturated rings. The van der Waals surface area contributed by atoms with Gasteiger partial charge in [-0.05, 0) is 6.07 Å². The van der Waals surface area contributed by atoms with Crippen LogP contribution in [0.1, 0.15) is 22.0 Å². The van der Waals surface area contributed by atoms with E-state index in [9.17, 15) is 25.2 Å². The lowest BCUT2D eigenvalue weighted by Gasteiger charge is -2.44. The maximum Gasteiger partial charge on any atom is 0.339 e. The molecule has 0 bridgehead atoms. The van der Waals surface area contributed by atoms with Gasteiger partial charge in [-0.3, -0.25) is 0 Å². The SMILES string of the molecule is COc1cc2c(c(O)c1OC)[C@@H]1O[C@H](CO)[C@@H](O)[C@H](O)[C@H]1OC2=O. The summed E-state index contributed by atoms with van der Waals surface area (Å²) in [4.78, 5) is 12.2. The van der Waals surface area contributed by atoms with Gasteiger partial charge in [0, 0.05) is 5.56 Å². The standard InChI is InChI=1S/C15H18O9/c1-21-6-3-5-8(10(18)12(6)22-2)13-14(24-15(5)20)11(19)9(17)7(4-16)23-13/h3,7,9,11,13-14,16-19H,4H2,1-2H3/t7-,9-,11+,13+,14-/m1/s1. The molecule has 132 valence electrons. The zero-order valence-electron chi connectivity index (χ0n) is 13.0. The topological polar surface area (TPSA) is 135 Å². The Hall–Kier alpha value is -2.07. The number of aromatic hydroxyl groups is 1. The number of esters is 1. The van der Waals surface area contributed by atoms with Crippen LogP contribution in [-0.4, -0.2) is 71.6 Å². The quantitative estimate of drug-likeness (QED) is 0.515. The highest BCUT2D eigenvalue weighted by atomic mass is 16.6. The van der Waals surface area contributed by atoms with Crippen LogP contribution in [0.15, 0.2) is 6.07 Å². The van der Waals surface area contributed by atoms with Crippen molar-refractivity contribution in [1.29, 1.82) is 0 Å². The van der Waals surface area contributed by atoms with E-state index in [0.717, 1.165) is 0 Å². The number of aliphatic hydroxyl groups excluding tert-OH is 3. The normalized spacial score (nSPS) is 31.7. The largest absolute Gasteiger partial charge is 0.504 e. The van der Waals surface area contributed by atoms with Crippen LogP contribution in [0.2, 0.25) is 0 Å². The van der Waals surface area contributed by atoms with Crippen LogP contribution in [0.25, 0.3) is 0 Å². The second kappa shape index (κ2) is 6.10. The third kappa shape index (κ3) is 2.28. The summed E-state index contributed by atoms with van der Waals surface area (Å²) >= 11 is 0. The van der Waals surface area contributed by atoms with Gasteiger partial charge in [0.05, 0.1) is 26.4 Å². The van der Waals surface area contributed by atoms with E-state index >= 15 is 0 Å². The summed E-state index contributed by atoms with van der Waals surface area (Å²) in [6.07, 6.45) is -6.32. The molecule has 2 aliphatic rings. The Bertz CT molecular complexity index is 659. The van der Waals surface area contributed by atoms with E-state index in [4.69, 9.17) is 18.9 Å². The van der Waals surface area contributed by atoms with Gasteiger partial charge >= 0.3 is 5.97 Å². The first-order valence-electron chi connectivity index (χ1n) is 7.25. The van der Waals surface area contributed by atoms with Crippen molar-refractivity contribution in [2.75, 3.05) is 20.8 Å². The maximum absolute atomic E-state index is 12.2. The minimum atomic E-state index is -1.48. The van der Waals surface area contributed by atoms with Gasteiger partial charge in [0.1, 0.15) is 24.4 Å². The van der Waals surface area contributed by atoms with Crippen molar-refractivity contribution in [3.63, 3.8) is 0 Å². The summed E-state index contributed by atoms with van der Waals surface area (Å²) in [5, 5.41) is 39.9. The maximum atomic E-state index is 12.2. The fraction of sp³-hybridized carbons (Fsp3) is 0.533. The van der Waals surface area contributed by atoms with Crippen LogP contribution < -0.4 is 9.47 Å². The van der Waals surface area contributed by atoms with E-state index in [1.54, 1.807) is 0 Å². The van der Waals surface area contributed by atoms with Gasteiger partial charge in [-0.2, -0.15) is 0 Å². The second-order valence-corrected chi connectivity index (χ2v) is 5.55. The minimum absolute atomic E-state index is 0.00513. The molecule has 9 nitrogen and oxygen atoms in total. The molecule has 0 amide bonds. The molecule has 9 heteroatoms. The van der Waals surface area contributed by atoms with E-state index in [1.165, 1.54) is 20.3 Å². The third-order valence-electron chi connectivity index (χ3n) is 4.30. The highest BCUT2D eigenvalue weighted by Crippen LogP contribution is 2.50. The van der Waals surface area contributed by atoms with E-state index in [1.807, 2.05) is 0 Å². The van der Waals surface area contributed by atoms with Crippen molar-refractivity contribution < 1.29 is 44.2 Å². The molecule has 2 aliphatic heterocycles. The highest BCUT2D eigenvalue weighted by molar-refractivity contribution is 5.95. The Morgan fingerprint density at radius 2 is 1.92 bits per heavy atom. The van der Waals surface area contributed by atoms with Crippen molar-refractivity contribution in [3.8, 4) is 17.2 Å². The first-order valence-corrected chi connectivity index (χ1v) is 7.25. The molecule has 1 saturated heterocycles. The molecule has 1 aromatic rings. The number of phenolic OH excluding ortho intramolecular Hbond substituents is 1. The van der Waals surface area contributed by atoms with Crippen molar-refractivity contribution in [2.24, 2.45) is 0 Å². The molecule has 0 saturated carbocycles. The number of benzene rings is 1. The molecule has 0 aliphatic carbocycles. The Balaban J connectivity index is 2.16. The number of fused-ring (bicyclic) bond motifs is 3. The highest BCUT2D eigenvalue weighted by Gasteiger charge is 2.52. The Morgan fingerprint density at radius 1 is 1.21 bits per heavy atom. The average Bonchev–Trinajstić information content (AvgIpc) is 2.58. The lowest BCUT2D eigenvalue weighted by Crippen LogP contribution is -2.58. The predicted molar refractivity (Wildman–Crippen MR) is 77.1 cm³/mol. The predicted octanol–water partition coefficient (Wildman–Crippen LogP) is -0.898. The molecule has 0 unspecified atom stereocenters. The van der Waals surface area contributed by atoms with Crippen LogP contribution in [0.5, 0.6) is 17.2 Å². The first-order chi connectivity index (χ1) is 11.4. The monoisotopic (exact) mass is 342 g/mol. The van der Waals surface area contributed by atoms with E-state index in [-0.39, 0.29) is 22.6 Å². The van der Waals surface area contributed by atoms with Gasteiger partial charge in [-0.25, -0.2) is 4.79 Å². The molecule has 0 radical (unpaired) electrons. The van der Waals surface area contributed by atoms with Crippen molar-refractivity contribution in [2.45, 2.75) is 30.5 Å². The van der Waals surface area contributed by atoms with Crippen molar-refractivity contribution >= 4 is 5.97 Å². The van der Waals surface area contributed by atoms with Crippen LogP contribution in [0.3, 0.4) is 0 Å². The number of phenols is 1. The fourth-order valence-electron chi connectivity index (χ4n) is 3.09. The first kappa shape index (κ1) is 16.8. The lowest BCUT2D eigenvalue weighted by molar-refractivity contribution is -0.235. The fourth-order valence-corrected chi connectivity index (χ4v) is 3.09. The lowest BCUT2D eigenvalue weighted by atomic mass is 9.86. The second-order valence-electron chi connectivity index (χ2n) is 5.55. The van der Waals surface area contributed by atoms with Gasteiger partial charge in [0.2, 0.25) is 5.75 Å². The van der Waals surface area contributed by atoms with Crippen LogP contribution in [-0.2, 0) is 9.47 Å². The van der Waals surface area contributed by atoms with Gasteiger partial charge in [0.25, 0.3) is 0 Å². The van der Waals surface area contributed by atoms with Crippen molar-refractivity contribution in [1.82, 2.24) is 0 Å². The number of hydrogen-bond donors (Lipinski definition) is 4. The number of methoxy groups -OCH3 is 2. The summed E-state index contributed by atoms with van der Waals surface area (Å²) in [7, 11) is 2.67. The summed E-state index contributed by atoms with van der Waals surface area (Å²) in [6, 6.07) is 1.33. The van der Waals surface area contributed by atoms with E-state index < -0.39 is 48.8 Å². The Kier molecular flexibility index (Phi) is 4.26. The molecule has 24 heavy (non-hydrogen) atoms. The smallest absolute Gasteiger partial charge is 0.339 e. The number of hydrogen-bond acceptors (Lipinski definition) is 9. The number of ether oxygens (including phenoxy) is 4. The zero-order chi connectivity index (χ0) is 17.6. The van der Waals surface area contributed by atoms with Gasteiger partial charge in [-0.15, -0.1) is 0 Å². The van der Waals surface area contributed by atoms with E-state index in [2.05, 4.69) is 0 Å². The van der Waals surface area contributed by atoms with Crippen LogP contribution >= 0.6 is 0 Å². The molecule has 0 aromatic heterocycles. The summed E-state index contributed by atoms with van der Waals surface area (Å²) in [5.74, 6) is -1.08. The minimum Gasteiger partial charge on any atom is -0.504 e. The van der Waals surface area contributed by atoms with E-state index in [0.29, 0.717) is 0 Å². The van der Waals surface area contributed by atoms with Gasteiger partial charge in [0.15, 0.2) is 17.6 Å². The third-order valence-corrected chi connectivity index (χ3v) is 4.30. The molecular formula is C15H18O9. The zero-order valence-corrected chi connectivity index (χ0v) is 13.0. The summed E-state index contributed by atoms with van der Waals surface area (Å²) < 4.78 is 20.9. The van der Waals surface area contributed by atoms with Crippen LogP contribution in [0, 0.1) is 0 Å². The molecule has 4 N–H and O–H groups in total. The molecule has 1 aromatic carbocycles. The summed E-state index contributed by atoms with van der Waals surface area (Å²) in [6.45, 7) is -0.557. The number of carbonyl (C=O) groups is 1. The Labute approximate surface area is 136 Å². The molecule has 3 rings (SSSR count). The summed E-state index contributed by atoms with van der Waals surface area (Å²) in [5.41, 5.74) is 0.0463. The number of aliphatic hydroxyl groups is 3. The average molecular weight is 342 g/mol. The van der Waals surface area contributed by atoms with Crippen molar-refractivity contribution in [3.05, 3.63) is 17.2 Å². The van der Waals surface area contributed by atoms with Gasteiger partial charge < -0.3 is 39.4 Å². The van der Waals surface area contributed by atoms with Crippen LogP contribution in [0.4, 0.5) is 0 Å². The molecule has 2 heterocycles. The number of carbonyl (C=O) groups excluding carboxylic acids is 1. The molecular weight excluding hydrogens is 324 g/mol.